The van der Waals surface area contributed by atoms with E-state index in [9.17, 15) is 19.5 Å². The Morgan fingerprint density at radius 3 is 1.74 bits per heavy atom. The topological polar surface area (TPSA) is 179 Å². The number of halogens is 2. The number of aliphatic hydroxyl groups is 1. The molecule has 4 aliphatic heterocycles. The van der Waals surface area contributed by atoms with Crippen LogP contribution in [0.3, 0.4) is 0 Å². The maximum absolute atomic E-state index is 16.6. The van der Waals surface area contributed by atoms with Crippen LogP contribution in [0.4, 0.5) is 47.7 Å². The molecule has 5 atom stereocenters. The van der Waals surface area contributed by atoms with Crippen molar-refractivity contribution in [1.29, 1.82) is 0 Å². The highest BCUT2D eigenvalue weighted by molar-refractivity contribution is 5.99. The fourth-order valence-electron chi connectivity index (χ4n) is 10.5. The van der Waals surface area contributed by atoms with Crippen molar-refractivity contribution in [1.82, 2.24) is 9.80 Å². The third-order valence-corrected chi connectivity index (χ3v) is 13.7. The van der Waals surface area contributed by atoms with Crippen LogP contribution in [0, 0.1) is 11.6 Å². The molecule has 4 heterocycles. The van der Waals surface area contributed by atoms with Crippen LogP contribution in [-0.2, 0) is 19.1 Å². The number of nitrogen functional groups attached to an aromatic ring is 2. The van der Waals surface area contributed by atoms with Crippen LogP contribution in [0.15, 0.2) is 78.9 Å². The number of hydrogen-bond donors (Lipinski definition) is 5. The standard InChI is InChI=1S/C53H68F2N8O6/c1-52(2,3)68-50(66)61-24-10-14-45(61)48(64)58-41-18-16-34(28-39(41)56)43-20-21-44(35-17-19-42(40(57)29-35)59-49(65)46-15-11-25-62(46)51(67)69-53(4,5)6)63(43)36-30-37(54)47(38(55)31-36)60-26-22-33(23-27-60)32-12-8-7-9-13-32/h7-9,12-13,16-19,28-31,33,43-46,50,66H,10-11,14-15,20-27,56-57H2,1-6H3,(H,58,64)(H,59,65)/t43-,44-,45+,46+,50?/m1/s1. The number of ether oxygens (including phenoxy) is 2. The third kappa shape index (κ3) is 11.2. The van der Waals surface area contributed by atoms with E-state index in [0.717, 1.165) is 24.0 Å². The molecule has 1 unspecified atom stereocenters. The van der Waals surface area contributed by atoms with Gasteiger partial charge in [-0.2, -0.15) is 0 Å². The van der Waals surface area contributed by atoms with Crippen LogP contribution in [0.5, 0.6) is 0 Å². The van der Waals surface area contributed by atoms with E-state index < -0.39 is 59.5 Å². The summed E-state index contributed by atoms with van der Waals surface area (Å²) in [6.45, 7) is 12.8. The van der Waals surface area contributed by atoms with Crippen molar-refractivity contribution in [3.05, 3.63) is 107 Å². The Morgan fingerprint density at radius 2 is 1.20 bits per heavy atom. The first-order valence-corrected chi connectivity index (χ1v) is 24.3. The van der Waals surface area contributed by atoms with E-state index in [1.54, 1.807) is 54.8 Å². The van der Waals surface area contributed by atoms with Crippen molar-refractivity contribution in [3.8, 4) is 0 Å². The summed E-state index contributed by atoms with van der Waals surface area (Å²) in [5.41, 5.74) is 16.5. The van der Waals surface area contributed by atoms with Crippen LogP contribution in [0.25, 0.3) is 0 Å². The summed E-state index contributed by atoms with van der Waals surface area (Å²) in [5.74, 6) is -1.70. The number of likely N-dealkylation sites (tertiary alicyclic amines) is 2. The molecule has 3 amide bonds. The van der Waals surface area contributed by atoms with Crippen molar-refractivity contribution in [2.75, 3.05) is 58.1 Å². The summed E-state index contributed by atoms with van der Waals surface area (Å²) >= 11 is 0. The Balaban J connectivity index is 1.05. The van der Waals surface area contributed by atoms with Gasteiger partial charge in [-0.1, -0.05) is 42.5 Å². The number of carbonyl (C=O) groups excluding carboxylic acids is 3. The lowest BCUT2D eigenvalue weighted by Gasteiger charge is -2.36. The summed E-state index contributed by atoms with van der Waals surface area (Å²) < 4.78 is 44.5. The molecule has 4 aromatic rings. The number of carbonyl (C=O) groups is 3. The molecule has 4 aromatic carbocycles. The van der Waals surface area contributed by atoms with Gasteiger partial charge in [0.25, 0.3) is 0 Å². The van der Waals surface area contributed by atoms with Crippen molar-refractivity contribution < 1.29 is 37.7 Å². The zero-order chi connectivity index (χ0) is 49.4. The van der Waals surface area contributed by atoms with Gasteiger partial charge in [0, 0.05) is 31.9 Å². The third-order valence-electron chi connectivity index (χ3n) is 13.7. The van der Waals surface area contributed by atoms with Gasteiger partial charge in [-0.15, -0.1) is 0 Å². The molecule has 4 saturated heterocycles. The van der Waals surface area contributed by atoms with Crippen LogP contribution >= 0.6 is 0 Å². The molecule has 8 rings (SSSR count). The number of piperidine rings is 1. The van der Waals surface area contributed by atoms with E-state index in [0.29, 0.717) is 99.1 Å². The number of aliphatic hydroxyl groups excluding tert-OH is 1. The molecule has 0 spiro atoms. The molecule has 0 aromatic heterocycles. The number of hydrogen-bond acceptors (Lipinski definition) is 11. The Labute approximate surface area is 404 Å². The second kappa shape index (κ2) is 20.2. The highest BCUT2D eigenvalue weighted by Gasteiger charge is 2.40. The van der Waals surface area contributed by atoms with Crippen LogP contribution < -0.4 is 31.9 Å². The highest BCUT2D eigenvalue weighted by Crippen LogP contribution is 2.49. The molecule has 14 nitrogen and oxygen atoms in total. The lowest BCUT2D eigenvalue weighted by molar-refractivity contribution is -0.240. The van der Waals surface area contributed by atoms with Gasteiger partial charge < -0.3 is 46.5 Å². The first kappa shape index (κ1) is 49.5. The second-order valence-electron chi connectivity index (χ2n) is 20.9. The summed E-state index contributed by atoms with van der Waals surface area (Å²) in [6.07, 6.45) is 3.28. The minimum atomic E-state index is -1.25. The quantitative estimate of drug-likeness (QED) is 0.0715. The first-order chi connectivity index (χ1) is 32.7. The van der Waals surface area contributed by atoms with Crippen molar-refractivity contribution >= 4 is 52.0 Å². The summed E-state index contributed by atoms with van der Waals surface area (Å²) in [5, 5.41) is 16.7. The Bertz CT molecular complexity index is 2480. The van der Waals surface area contributed by atoms with Gasteiger partial charge in [-0.3, -0.25) is 14.5 Å². The van der Waals surface area contributed by atoms with Gasteiger partial charge >= 0.3 is 6.09 Å². The fraction of sp³-hybridized carbons (Fsp3) is 0.491. The van der Waals surface area contributed by atoms with Crippen LogP contribution in [0.1, 0.15) is 128 Å². The summed E-state index contributed by atoms with van der Waals surface area (Å²) in [4.78, 5) is 47.1. The number of amides is 3. The Morgan fingerprint density at radius 1 is 0.667 bits per heavy atom. The van der Waals surface area contributed by atoms with E-state index in [-0.39, 0.29) is 17.5 Å². The minimum absolute atomic E-state index is 0.0444. The van der Waals surface area contributed by atoms with Crippen LogP contribution in [0.2, 0.25) is 0 Å². The zero-order valence-corrected chi connectivity index (χ0v) is 40.6. The lowest BCUT2D eigenvalue weighted by Crippen LogP contribution is -2.48. The molecule has 4 aliphatic rings. The van der Waals surface area contributed by atoms with Gasteiger partial charge in [0.1, 0.15) is 17.3 Å². The first-order valence-electron chi connectivity index (χ1n) is 24.3. The van der Waals surface area contributed by atoms with E-state index in [1.807, 2.05) is 56.0 Å². The minimum Gasteiger partial charge on any atom is -0.444 e. The van der Waals surface area contributed by atoms with E-state index in [4.69, 9.17) is 20.9 Å². The smallest absolute Gasteiger partial charge is 0.410 e. The number of nitrogens with zero attached hydrogens (tertiary/aromatic N) is 4. The van der Waals surface area contributed by atoms with Gasteiger partial charge in [0.2, 0.25) is 18.2 Å². The number of benzene rings is 4. The summed E-state index contributed by atoms with van der Waals surface area (Å²) in [6, 6.07) is 21.6. The predicted molar refractivity (Wildman–Crippen MR) is 266 cm³/mol. The van der Waals surface area contributed by atoms with Gasteiger partial charge in [-0.25, -0.2) is 18.5 Å². The molecular formula is C53H68F2N8O6. The highest BCUT2D eigenvalue weighted by atomic mass is 19.1. The molecule has 0 aliphatic carbocycles. The predicted octanol–water partition coefficient (Wildman–Crippen LogP) is 9.43. The molecule has 69 heavy (non-hydrogen) atoms. The van der Waals surface area contributed by atoms with E-state index in [1.165, 1.54) is 22.6 Å². The molecule has 0 radical (unpaired) electrons. The molecule has 0 bridgehead atoms. The average Bonchev–Trinajstić information content (AvgIpc) is 4.08. The van der Waals surface area contributed by atoms with E-state index >= 15 is 8.78 Å². The lowest BCUT2D eigenvalue weighted by atomic mass is 9.89. The van der Waals surface area contributed by atoms with Crippen molar-refractivity contribution in [2.45, 2.75) is 141 Å². The second-order valence-corrected chi connectivity index (χ2v) is 20.9. The van der Waals surface area contributed by atoms with Gasteiger partial charge in [0.05, 0.1) is 46.5 Å². The van der Waals surface area contributed by atoms with Gasteiger partial charge in [-0.05, 0) is 152 Å². The molecule has 0 saturated carbocycles. The fourth-order valence-corrected chi connectivity index (χ4v) is 10.5. The van der Waals surface area contributed by atoms with E-state index in [2.05, 4.69) is 22.8 Å². The van der Waals surface area contributed by atoms with Crippen molar-refractivity contribution in [3.63, 3.8) is 0 Å². The molecular weight excluding hydrogens is 883 g/mol. The zero-order valence-electron chi connectivity index (χ0n) is 40.6. The average molecular weight is 951 g/mol. The molecule has 4 fully saturated rings. The number of rotatable bonds is 11. The number of nitrogens with one attached hydrogen (secondary N) is 2. The SMILES string of the molecule is CC(C)(C)OC(=O)N1CCC[C@H]1C(=O)Nc1ccc([C@H]2CC[C@H](c3ccc(NC(=O)[C@@H]4CCCN4C(O)OC(C)(C)C)c(N)c3)N2c2cc(F)c(N3CCC(c4ccccc4)CC3)c(F)c2)cc1N. The molecule has 7 N–H and O–H groups in total. The largest absolute Gasteiger partial charge is 0.444 e. The monoisotopic (exact) mass is 951 g/mol. The maximum atomic E-state index is 16.6. The maximum Gasteiger partial charge on any atom is 0.410 e. The Hall–Kier alpha value is -5.97. The van der Waals surface area contributed by atoms with Crippen molar-refractivity contribution in [2.24, 2.45) is 0 Å². The molecule has 370 valence electrons. The van der Waals surface area contributed by atoms with Crippen LogP contribution in [-0.4, -0.2) is 88.7 Å². The normalized spacial score (nSPS) is 22.0. The Kier molecular flexibility index (Phi) is 14.5. The summed E-state index contributed by atoms with van der Waals surface area (Å²) in [7, 11) is 0. The number of nitrogens with two attached hydrogens (primary N) is 2. The molecule has 16 heteroatoms. The van der Waals surface area contributed by atoms with Gasteiger partial charge in [0.15, 0.2) is 11.6 Å². The number of anilines is 6.